The summed E-state index contributed by atoms with van der Waals surface area (Å²) < 4.78 is 26.2. The number of benzene rings is 1. The van der Waals surface area contributed by atoms with Crippen molar-refractivity contribution in [3.8, 4) is 22.1 Å². The molecule has 2 heterocycles. The number of hydrogen-bond acceptors (Lipinski definition) is 4. The number of halogens is 2. The Bertz CT molecular complexity index is 658. The van der Waals surface area contributed by atoms with Crippen LogP contribution in [0.1, 0.15) is 0 Å². The van der Waals surface area contributed by atoms with Crippen LogP contribution >= 0.6 is 11.3 Å². The summed E-state index contributed by atoms with van der Waals surface area (Å²) in [4.78, 5) is 8.22. The minimum absolute atomic E-state index is 0.398. The molecular weight excluding hydrogens is 258 g/mol. The van der Waals surface area contributed by atoms with Crippen LogP contribution in [0, 0.1) is 11.6 Å². The lowest BCUT2D eigenvalue weighted by atomic mass is 10.1. The predicted molar refractivity (Wildman–Crippen MR) is 62.8 cm³/mol. The van der Waals surface area contributed by atoms with Crippen molar-refractivity contribution in [3.63, 3.8) is 0 Å². The van der Waals surface area contributed by atoms with E-state index in [0.717, 1.165) is 6.07 Å². The summed E-state index contributed by atoms with van der Waals surface area (Å²) in [5, 5.41) is 8.73. The van der Waals surface area contributed by atoms with Crippen molar-refractivity contribution in [1.82, 2.24) is 20.2 Å². The fraction of sp³-hybridized carbons (Fsp3) is 0. The molecule has 0 aliphatic carbocycles. The van der Waals surface area contributed by atoms with Gasteiger partial charge in [0.15, 0.2) is 10.8 Å². The Balaban J connectivity index is 2.03. The second-order valence-electron chi connectivity index (χ2n) is 3.53. The summed E-state index contributed by atoms with van der Waals surface area (Å²) in [5.41, 5.74) is 0.902. The summed E-state index contributed by atoms with van der Waals surface area (Å²) in [6, 6.07) is 3.30. The Morgan fingerprint density at radius 1 is 1.11 bits per heavy atom. The minimum atomic E-state index is -0.626. The molecule has 0 aliphatic rings. The van der Waals surface area contributed by atoms with E-state index in [1.54, 1.807) is 5.38 Å². The molecule has 18 heavy (non-hydrogen) atoms. The van der Waals surface area contributed by atoms with Gasteiger partial charge in [-0.3, -0.25) is 5.10 Å². The van der Waals surface area contributed by atoms with Crippen LogP contribution in [-0.2, 0) is 0 Å². The first-order valence-corrected chi connectivity index (χ1v) is 5.88. The van der Waals surface area contributed by atoms with Gasteiger partial charge >= 0.3 is 0 Å². The molecule has 4 nitrogen and oxygen atoms in total. The number of aromatic amines is 1. The van der Waals surface area contributed by atoms with E-state index in [4.69, 9.17) is 0 Å². The van der Waals surface area contributed by atoms with Gasteiger partial charge in [0, 0.05) is 17.0 Å². The van der Waals surface area contributed by atoms with Gasteiger partial charge in [-0.1, -0.05) is 0 Å². The second kappa shape index (κ2) is 4.26. The standard InChI is InChI=1S/C11H6F2N4S/c12-7-1-6(2-8(13)3-7)9-4-18-11(16-9)10-14-5-15-17-10/h1-5H,(H,14,15,17). The van der Waals surface area contributed by atoms with Crippen LogP contribution in [0.2, 0.25) is 0 Å². The van der Waals surface area contributed by atoms with E-state index in [-0.39, 0.29) is 0 Å². The Kier molecular flexibility index (Phi) is 2.60. The lowest BCUT2D eigenvalue weighted by Gasteiger charge is -1.97. The van der Waals surface area contributed by atoms with Crippen molar-refractivity contribution < 1.29 is 8.78 Å². The van der Waals surface area contributed by atoms with Crippen molar-refractivity contribution in [3.05, 3.63) is 41.5 Å². The molecule has 2 aromatic heterocycles. The Hall–Kier alpha value is -2.15. The lowest BCUT2D eigenvalue weighted by molar-refractivity contribution is 0.584. The molecule has 3 aromatic rings. The maximum Gasteiger partial charge on any atom is 0.184 e. The van der Waals surface area contributed by atoms with Crippen LogP contribution < -0.4 is 0 Å². The van der Waals surface area contributed by atoms with Crippen molar-refractivity contribution in [2.75, 3.05) is 0 Å². The first-order chi connectivity index (χ1) is 8.72. The van der Waals surface area contributed by atoms with Gasteiger partial charge < -0.3 is 0 Å². The SMILES string of the molecule is Fc1cc(F)cc(-c2csc(-c3ncn[nH]3)n2)c1. The zero-order chi connectivity index (χ0) is 12.5. The molecule has 0 bridgehead atoms. The normalized spacial score (nSPS) is 10.8. The van der Waals surface area contributed by atoms with E-state index in [0.29, 0.717) is 22.1 Å². The highest BCUT2D eigenvalue weighted by molar-refractivity contribution is 7.13. The molecule has 0 saturated heterocycles. The molecule has 0 radical (unpaired) electrons. The van der Waals surface area contributed by atoms with Crippen LogP contribution in [0.4, 0.5) is 8.78 Å². The smallest absolute Gasteiger partial charge is 0.184 e. The molecule has 0 atom stereocenters. The monoisotopic (exact) mass is 264 g/mol. The summed E-state index contributed by atoms with van der Waals surface area (Å²) in [6.45, 7) is 0. The highest BCUT2D eigenvalue weighted by Gasteiger charge is 2.10. The molecule has 0 fully saturated rings. The third kappa shape index (κ3) is 2.00. The van der Waals surface area contributed by atoms with Gasteiger partial charge in [0.1, 0.15) is 18.0 Å². The fourth-order valence-corrected chi connectivity index (χ4v) is 2.30. The first kappa shape index (κ1) is 11.0. The van der Waals surface area contributed by atoms with E-state index < -0.39 is 11.6 Å². The summed E-state index contributed by atoms with van der Waals surface area (Å²) >= 11 is 1.32. The number of thiazole rings is 1. The second-order valence-corrected chi connectivity index (χ2v) is 4.39. The van der Waals surface area contributed by atoms with E-state index >= 15 is 0 Å². The van der Waals surface area contributed by atoms with Gasteiger partial charge in [0.05, 0.1) is 5.69 Å². The van der Waals surface area contributed by atoms with Crippen LogP contribution in [0.3, 0.4) is 0 Å². The summed E-state index contributed by atoms with van der Waals surface area (Å²) in [5.74, 6) is -0.721. The van der Waals surface area contributed by atoms with Crippen LogP contribution in [0.25, 0.3) is 22.1 Å². The Labute approximate surface area is 104 Å². The van der Waals surface area contributed by atoms with Crippen molar-refractivity contribution >= 4 is 11.3 Å². The highest BCUT2D eigenvalue weighted by Crippen LogP contribution is 2.27. The summed E-state index contributed by atoms with van der Waals surface area (Å²) in [7, 11) is 0. The molecule has 0 unspecified atom stereocenters. The quantitative estimate of drug-likeness (QED) is 0.774. The summed E-state index contributed by atoms with van der Waals surface area (Å²) in [6.07, 6.45) is 1.37. The average molecular weight is 264 g/mol. The maximum atomic E-state index is 13.1. The molecule has 1 aromatic carbocycles. The van der Waals surface area contributed by atoms with Gasteiger partial charge in [-0.05, 0) is 12.1 Å². The van der Waals surface area contributed by atoms with E-state index in [1.807, 2.05) is 0 Å². The van der Waals surface area contributed by atoms with Gasteiger partial charge in [-0.15, -0.1) is 11.3 Å². The van der Waals surface area contributed by atoms with Crippen LogP contribution in [-0.4, -0.2) is 20.2 Å². The number of nitrogens with zero attached hydrogens (tertiary/aromatic N) is 3. The molecule has 90 valence electrons. The predicted octanol–water partition coefficient (Wildman–Crippen LogP) is 2.87. The topological polar surface area (TPSA) is 54.5 Å². The van der Waals surface area contributed by atoms with Gasteiger partial charge in [-0.2, -0.15) is 5.10 Å². The molecule has 0 aliphatic heterocycles. The third-order valence-corrected chi connectivity index (χ3v) is 3.13. The van der Waals surface area contributed by atoms with Crippen molar-refractivity contribution in [2.45, 2.75) is 0 Å². The van der Waals surface area contributed by atoms with Crippen LogP contribution in [0.5, 0.6) is 0 Å². The first-order valence-electron chi connectivity index (χ1n) is 5.00. The molecule has 0 saturated carbocycles. The van der Waals surface area contributed by atoms with Gasteiger partial charge in [-0.25, -0.2) is 18.7 Å². The lowest BCUT2D eigenvalue weighted by Crippen LogP contribution is -1.85. The number of rotatable bonds is 2. The molecule has 1 N–H and O–H groups in total. The van der Waals surface area contributed by atoms with Crippen molar-refractivity contribution in [2.24, 2.45) is 0 Å². The molecule has 0 spiro atoms. The van der Waals surface area contributed by atoms with E-state index in [1.165, 1.54) is 29.8 Å². The van der Waals surface area contributed by atoms with Gasteiger partial charge in [0.25, 0.3) is 0 Å². The highest BCUT2D eigenvalue weighted by atomic mass is 32.1. The maximum absolute atomic E-state index is 13.1. The average Bonchev–Trinajstić information content (AvgIpc) is 2.99. The molecule has 3 rings (SSSR count). The molecular formula is C11H6F2N4S. The number of H-pyrrole nitrogens is 1. The van der Waals surface area contributed by atoms with E-state index in [2.05, 4.69) is 20.2 Å². The zero-order valence-corrected chi connectivity index (χ0v) is 9.71. The van der Waals surface area contributed by atoms with E-state index in [9.17, 15) is 8.78 Å². The Morgan fingerprint density at radius 3 is 2.56 bits per heavy atom. The fourth-order valence-electron chi connectivity index (χ4n) is 1.53. The third-order valence-electron chi connectivity index (χ3n) is 2.28. The molecule has 7 heteroatoms. The number of hydrogen-bond donors (Lipinski definition) is 1. The minimum Gasteiger partial charge on any atom is -0.257 e. The van der Waals surface area contributed by atoms with Crippen molar-refractivity contribution in [1.29, 1.82) is 0 Å². The van der Waals surface area contributed by atoms with Crippen LogP contribution in [0.15, 0.2) is 29.9 Å². The Morgan fingerprint density at radius 2 is 1.89 bits per heavy atom. The molecule has 0 amide bonds. The largest absolute Gasteiger partial charge is 0.257 e. The number of nitrogens with one attached hydrogen (secondary N) is 1. The zero-order valence-electron chi connectivity index (χ0n) is 8.89. The number of aromatic nitrogens is 4. The van der Waals surface area contributed by atoms with Gasteiger partial charge in [0.2, 0.25) is 0 Å².